The molecular weight excluding hydrogens is 170 g/mol. The Kier molecular flexibility index (Phi) is 2.89. The van der Waals surface area contributed by atoms with Gasteiger partial charge in [0.25, 0.3) is 6.01 Å². The lowest BCUT2D eigenvalue weighted by Gasteiger charge is -2.09. The zero-order valence-corrected chi connectivity index (χ0v) is 7.92. The SMILES string of the molecule is CNC(=O)[C@H](C)Nc1nc(C)co1. The number of carbonyl (C=O) groups excluding carboxylic acids is 1. The van der Waals surface area contributed by atoms with E-state index in [9.17, 15) is 4.79 Å². The number of amides is 1. The van der Waals surface area contributed by atoms with Gasteiger partial charge in [-0.1, -0.05) is 0 Å². The van der Waals surface area contributed by atoms with Crippen LogP contribution in [0, 0.1) is 6.92 Å². The standard InChI is InChI=1S/C8H13N3O2/c1-5-4-13-8(10-5)11-6(2)7(12)9-3/h4,6H,1-3H3,(H,9,12)(H,10,11)/t6-/m0/s1. The molecule has 5 heteroatoms. The molecule has 2 N–H and O–H groups in total. The maximum atomic E-state index is 11.1. The van der Waals surface area contributed by atoms with E-state index in [4.69, 9.17) is 4.42 Å². The topological polar surface area (TPSA) is 67.2 Å². The van der Waals surface area contributed by atoms with Crippen LogP contribution in [0.1, 0.15) is 12.6 Å². The predicted octanol–water partition coefficient (Wildman–Crippen LogP) is 0.529. The molecule has 1 atom stereocenters. The van der Waals surface area contributed by atoms with Gasteiger partial charge in [-0.2, -0.15) is 4.98 Å². The Hall–Kier alpha value is -1.52. The number of rotatable bonds is 3. The van der Waals surface area contributed by atoms with Crippen LogP contribution in [0.15, 0.2) is 10.7 Å². The Bertz CT molecular complexity index is 295. The largest absolute Gasteiger partial charge is 0.432 e. The molecule has 0 saturated heterocycles. The van der Waals surface area contributed by atoms with Crippen molar-refractivity contribution in [2.24, 2.45) is 0 Å². The van der Waals surface area contributed by atoms with Gasteiger partial charge in [0.2, 0.25) is 5.91 Å². The van der Waals surface area contributed by atoms with E-state index in [0.717, 1.165) is 5.69 Å². The summed E-state index contributed by atoms with van der Waals surface area (Å²) in [5, 5.41) is 5.34. The first-order valence-corrected chi connectivity index (χ1v) is 4.03. The fourth-order valence-electron chi connectivity index (χ4n) is 0.888. The van der Waals surface area contributed by atoms with Crippen molar-refractivity contribution in [2.75, 3.05) is 12.4 Å². The zero-order chi connectivity index (χ0) is 9.84. The van der Waals surface area contributed by atoms with E-state index in [1.165, 1.54) is 6.26 Å². The molecule has 0 aliphatic heterocycles. The number of hydrogen-bond acceptors (Lipinski definition) is 4. The van der Waals surface area contributed by atoms with Gasteiger partial charge in [-0.3, -0.25) is 4.79 Å². The van der Waals surface area contributed by atoms with Gasteiger partial charge in [0.1, 0.15) is 12.3 Å². The number of oxazole rings is 1. The summed E-state index contributed by atoms with van der Waals surface area (Å²) < 4.78 is 5.03. The van der Waals surface area contributed by atoms with Crippen LogP contribution >= 0.6 is 0 Å². The number of nitrogens with zero attached hydrogens (tertiary/aromatic N) is 1. The van der Waals surface area contributed by atoms with E-state index < -0.39 is 0 Å². The fraction of sp³-hybridized carbons (Fsp3) is 0.500. The minimum Gasteiger partial charge on any atom is -0.432 e. The number of aryl methyl sites for hydroxylation is 1. The molecule has 0 fully saturated rings. The summed E-state index contributed by atoms with van der Waals surface area (Å²) in [4.78, 5) is 15.1. The van der Waals surface area contributed by atoms with Gasteiger partial charge >= 0.3 is 0 Å². The Balaban J connectivity index is 2.54. The van der Waals surface area contributed by atoms with E-state index in [1.807, 2.05) is 6.92 Å². The summed E-state index contributed by atoms with van der Waals surface area (Å²) >= 11 is 0. The molecule has 1 heterocycles. The number of anilines is 1. The van der Waals surface area contributed by atoms with Gasteiger partial charge in [0, 0.05) is 7.05 Å². The molecule has 72 valence electrons. The minimum atomic E-state index is -0.344. The van der Waals surface area contributed by atoms with Crippen LogP contribution in [0.4, 0.5) is 6.01 Å². The predicted molar refractivity (Wildman–Crippen MR) is 48.4 cm³/mol. The highest BCUT2D eigenvalue weighted by Crippen LogP contribution is 2.07. The molecule has 0 saturated carbocycles. The zero-order valence-electron chi connectivity index (χ0n) is 7.92. The van der Waals surface area contributed by atoms with Crippen molar-refractivity contribution in [2.45, 2.75) is 19.9 Å². The summed E-state index contributed by atoms with van der Waals surface area (Å²) in [6.45, 7) is 3.55. The van der Waals surface area contributed by atoms with Crippen LogP contribution in [0.3, 0.4) is 0 Å². The van der Waals surface area contributed by atoms with Crippen molar-refractivity contribution < 1.29 is 9.21 Å². The van der Waals surface area contributed by atoms with Crippen LogP contribution in [0.25, 0.3) is 0 Å². The summed E-state index contributed by atoms with van der Waals surface area (Å²) in [7, 11) is 1.58. The van der Waals surface area contributed by atoms with Crippen LogP contribution in [0.2, 0.25) is 0 Å². The monoisotopic (exact) mass is 183 g/mol. The fourth-order valence-corrected chi connectivity index (χ4v) is 0.888. The molecule has 0 radical (unpaired) electrons. The normalized spacial score (nSPS) is 12.2. The number of carbonyl (C=O) groups is 1. The highest BCUT2D eigenvalue weighted by molar-refractivity contribution is 5.83. The lowest BCUT2D eigenvalue weighted by Crippen LogP contribution is -2.35. The van der Waals surface area contributed by atoms with E-state index >= 15 is 0 Å². The van der Waals surface area contributed by atoms with E-state index in [2.05, 4.69) is 15.6 Å². The Morgan fingerprint density at radius 3 is 2.85 bits per heavy atom. The van der Waals surface area contributed by atoms with Gasteiger partial charge in [-0.15, -0.1) is 0 Å². The molecule has 0 bridgehead atoms. The summed E-state index contributed by atoms with van der Waals surface area (Å²) in [6, 6.07) is 0.0247. The molecule has 1 aromatic rings. The lowest BCUT2D eigenvalue weighted by molar-refractivity contribution is -0.121. The highest BCUT2D eigenvalue weighted by atomic mass is 16.4. The molecule has 1 aromatic heterocycles. The minimum absolute atomic E-state index is 0.101. The smallest absolute Gasteiger partial charge is 0.295 e. The molecule has 5 nitrogen and oxygen atoms in total. The number of aromatic nitrogens is 1. The molecule has 0 aliphatic rings. The van der Waals surface area contributed by atoms with Gasteiger partial charge < -0.3 is 15.1 Å². The van der Waals surface area contributed by atoms with Crippen molar-refractivity contribution in [1.29, 1.82) is 0 Å². The molecule has 0 spiro atoms. The summed E-state index contributed by atoms with van der Waals surface area (Å²) in [5.74, 6) is -0.101. The van der Waals surface area contributed by atoms with E-state index in [-0.39, 0.29) is 11.9 Å². The lowest BCUT2D eigenvalue weighted by atomic mass is 10.3. The van der Waals surface area contributed by atoms with Gasteiger partial charge in [-0.05, 0) is 13.8 Å². The van der Waals surface area contributed by atoms with E-state index in [1.54, 1.807) is 14.0 Å². The Labute approximate surface area is 76.5 Å². The second-order valence-corrected chi connectivity index (χ2v) is 2.77. The highest BCUT2D eigenvalue weighted by Gasteiger charge is 2.12. The molecule has 0 aromatic carbocycles. The van der Waals surface area contributed by atoms with Crippen molar-refractivity contribution in [3.8, 4) is 0 Å². The third-order valence-corrected chi connectivity index (χ3v) is 1.60. The molecular formula is C8H13N3O2. The quantitative estimate of drug-likeness (QED) is 0.717. The average molecular weight is 183 g/mol. The Morgan fingerprint density at radius 1 is 1.69 bits per heavy atom. The summed E-state index contributed by atoms with van der Waals surface area (Å²) in [5.41, 5.74) is 0.784. The Morgan fingerprint density at radius 2 is 2.38 bits per heavy atom. The maximum absolute atomic E-state index is 11.1. The first-order valence-electron chi connectivity index (χ1n) is 4.03. The second kappa shape index (κ2) is 3.93. The van der Waals surface area contributed by atoms with Crippen molar-refractivity contribution >= 4 is 11.9 Å². The van der Waals surface area contributed by atoms with Crippen LogP contribution in [-0.2, 0) is 4.79 Å². The average Bonchev–Trinajstić information content (AvgIpc) is 2.49. The van der Waals surface area contributed by atoms with Crippen LogP contribution in [-0.4, -0.2) is 24.0 Å². The van der Waals surface area contributed by atoms with Crippen molar-refractivity contribution in [3.05, 3.63) is 12.0 Å². The molecule has 0 aliphatic carbocycles. The molecule has 13 heavy (non-hydrogen) atoms. The van der Waals surface area contributed by atoms with Gasteiger partial charge in [-0.25, -0.2) is 0 Å². The number of nitrogens with one attached hydrogen (secondary N) is 2. The molecule has 1 amide bonds. The maximum Gasteiger partial charge on any atom is 0.295 e. The first-order chi connectivity index (χ1) is 6.13. The van der Waals surface area contributed by atoms with Crippen LogP contribution < -0.4 is 10.6 Å². The number of hydrogen-bond donors (Lipinski definition) is 2. The third kappa shape index (κ3) is 2.47. The van der Waals surface area contributed by atoms with Crippen LogP contribution in [0.5, 0.6) is 0 Å². The van der Waals surface area contributed by atoms with E-state index in [0.29, 0.717) is 6.01 Å². The second-order valence-electron chi connectivity index (χ2n) is 2.77. The number of likely N-dealkylation sites (N-methyl/N-ethyl adjacent to an activating group) is 1. The first kappa shape index (κ1) is 9.57. The molecule has 0 unspecified atom stereocenters. The summed E-state index contributed by atoms with van der Waals surface area (Å²) in [6.07, 6.45) is 1.53. The molecule has 1 rings (SSSR count). The van der Waals surface area contributed by atoms with Crippen molar-refractivity contribution in [1.82, 2.24) is 10.3 Å². The van der Waals surface area contributed by atoms with Gasteiger partial charge in [0.15, 0.2) is 0 Å². The van der Waals surface area contributed by atoms with Crippen molar-refractivity contribution in [3.63, 3.8) is 0 Å². The third-order valence-electron chi connectivity index (χ3n) is 1.60. The van der Waals surface area contributed by atoms with Gasteiger partial charge in [0.05, 0.1) is 5.69 Å².